The standard InChI is InChI=1S/C8H5ClN4O2/c9-5-1-2-6(12-7(5)8(14)15)13-4-10-3-11-13/h1-4H,(H,14,15). The van der Waals surface area contributed by atoms with Gasteiger partial charge in [-0.2, -0.15) is 5.10 Å². The highest BCUT2D eigenvalue weighted by Gasteiger charge is 2.12. The Labute approximate surface area is 89.2 Å². The van der Waals surface area contributed by atoms with Gasteiger partial charge in [0.25, 0.3) is 0 Å². The molecule has 1 N–H and O–H groups in total. The second-order valence-corrected chi connectivity index (χ2v) is 3.05. The summed E-state index contributed by atoms with van der Waals surface area (Å²) in [4.78, 5) is 18.3. The van der Waals surface area contributed by atoms with Crippen LogP contribution in [0.1, 0.15) is 10.5 Å². The summed E-state index contributed by atoms with van der Waals surface area (Å²) in [5.74, 6) is -0.823. The molecule has 2 aromatic rings. The van der Waals surface area contributed by atoms with Gasteiger partial charge in [-0.15, -0.1) is 0 Å². The minimum absolute atomic E-state index is 0.0892. The Bertz CT molecular complexity index is 497. The average molecular weight is 225 g/mol. The number of pyridine rings is 1. The Hall–Kier alpha value is -1.95. The molecule has 0 aliphatic rings. The van der Waals surface area contributed by atoms with E-state index in [0.29, 0.717) is 5.82 Å². The molecule has 0 saturated carbocycles. The number of carbonyl (C=O) groups is 1. The zero-order valence-corrected chi connectivity index (χ0v) is 8.09. The average Bonchev–Trinajstić information content (AvgIpc) is 2.71. The van der Waals surface area contributed by atoms with Crippen LogP contribution in [0.2, 0.25) is 5.02 Å². The molecular weight excluding hydrogens is 220 g/mol. The van der Waals surface area contributed by atoms with Crippen molar-refractivity contribution in [1.29, 1.82) is 0 Å². The topological polar surface area (TPSA) is 80.9 Å². The first-order valence-corrected chi connectivity index (χ1v) is 4.31. The van der Waals surface area contributed by atoms with Gasteiger partial charge in [-0.05, 0) is 12.1 Å². The van der Waals surface area contributed by atoms with Crippen molar-refractivity contribution in [3.63, 3.8) is 0 Å². The molecule has 0 amide bonds. The summed E-state index contributed by atoms with van der Waals surface area (Å²) in [5.41, 5.74) is -0.204. The van der Waals surface area contributed by atoms with Gasteiger partial charge in [0, 0.05) is 0 Å². The van der Waals surface area contributed by atoms with Crippen molar-refractivity contribution >= 4 is 17.6 Å². The van der Waals surface area contributed by atoms with E-state index < -0.39 is 5.97 Å². The predicted molar refractivity (Wildman–Crippen MR) is 51.1 cm³/mol. The fraction of sp³-hybridized carbons (Fsp3) is 0. The van der Waals surface area contributed by atoms with Crippen molar-refractivity contribution in [1.82, 2.24) is 19.7 Å². The molecule has 0 atom stereocenters. The Morgan fingerprint density at radius 2 is 2.27 bits per heavy atom. The van der Waals surface area contributed by atoms with Gasteiger partial charge >= 0.3 is 5.97 Å². The van der Waals surface area contributed by atoms with Crippen LogP contribution in [0.3, 0.4) is 0 Å². The lowest BCUT2D eigenvalue weighted by molar-refractivity contribution is 0.0690. The van der Waals surface area contributed by atoms with E-state index in [9.17, 15) is 4.79 Å². The van der Waals surface area contributed by atoms with Gasteiger partial charge in [-0.3, -0.25) is 0 Å². The maximum atomic E-state index is 10.8. The summed E-state index contributed by atoms with van der Waals surface area (Å²) >= 11 is 5.66. The molecular formula is C8H5ClN4O2. The zero-order chi connectivity index (χ0) is 10.8. The van der Waals surface area contributed by atoms with Crippen molar-refractivity contribution in [2.24, 2.45) is 0 Å². The van der Waals surface area contributed by atoms with E-state index in [1.54, 1.807) is 6.07 Å². The second kappa shape index (κ2) is 3.66. The Kier molecular flexibility index (Phi) is 2.34. The van der Waals surface area contributed by atoms with E-state index in [-0.39, 0.29) is 10.7 Å². The maximum Gasteiger partial charge on any atom is 0.356 e. The molecule has 0 spiro atoms. The molecule has 2 heterocycles. The number of carboxylic acids is 1. The van der Waals surface area contributed by atoms with Gasteiger partial charge in [0.05, 0.1) is 5.02 Å². The summed E-state index contributed by atoms with van der Waals surface area (Å²) in [6.07, 6.45) is 2.75. The molecule has 2 aromatic heterocycles. The Balaban J connectivity index is 2.52. The number of rotatable bonds is 2. The number of aromatic carboxylic acids is 1. The molecule has 0 unspecified atom stereocenters. The first-order chi connectivity index (χ1) is 7.18. The van der Waals surface area contributed by atoms with E-state index >= 15 is 0 Å². The van der Waals surface area contributed by atoms with Crippen LogP contribution < -0.4 is 0 Å². The molecule has 15 heavy (non-hydrogen) atoms. The molecule has 76 valence electrons. The molecule has 2 rings (SSSR count). The van der Waals surface area contributed by atoms with Gasteiger partial charge < -0.3 is 5.11 Å². The third-order valence-corrected chi connectivity index (χ3v) is 1.99. The van der Waals surface area contributed by atoms with Crippen molar-refractivity contribution in [3.8, 4) is 5.82 Å². The van der Waals surface area contributed by atoms with Crippen LogP contribution in [0.25, 0.3) is 5.82 Å². The van der Waals surface area contributed by atoms with Crippen LogP contribution >= 0.6 is 11.6 Å². The third-order valence-electron chi connectivity index (χ3n) is 1.69. The third kappa shape index (κ3) is 1.79. The number of aromatic nitrogens is 4. The van der Waals surface area contributed by atoms with Crippen LogP contribution in [-0.4, -0.2) is 30.8 Å². The van der Waals surface area contributed by atoms with Gasteiger partial charge in [-0.25, -0.2) is 19.4 Å². The highest BCUT2D eigenvalue weighted by atomic mass is 35.5. The lowest BCUT2D eigenvalue weighted by Gasteiger charge is -2.02. The monoisotopic (exact) mass is 224 g/mol. The number of hydrogen-bond donors (Lipinski definition) is 1. The molecule has 0 aliphatic carbocycles. The molecule has 0 saturated heterocycles. The summed E-state index contributed by atoms with van der Waals surface area (Å²) in [7, 11) is 0. The quantitative estimate of drug-likeness (QED) is 0.824. The first-order valence-electron chi connectivity index (χ1n) is 3.93. The molecule has 6 nitrogen and oxygen atoms in total. The maximum absolute atomic E-state index is 10.8. The molecule has 0 bridgehead atoms. The summed E-state index contributed by atoms with van der Waals surface area (Å²) in [6, 6.07) is 3.01. The van der Waals surface area contributed by atoms with Crippen LogP contribution in [-0.2, 0) is 0 Å². The lowest BCUT2D eigenvalue weighted by Crippen LogP contribution is -2.06. The van der Waals surface area contributed by atoms with Crippen LogP contribution in [0.15, 0.2) is 24.8 Å². The highest BCUT2D eigenvalue weighted by Crippen LogP contribution is 2.15. The smallest absolute Gasteiger partial charge is 0.356 e. The van der Waals surface area contributed by atoms with E-state index in [2.05, 4.69) is 15.1 Å². The largest absolute Gasteiger partial charge is 0.476 e. The molecule has 7 heteroatoms. The first kappa shape index (κ1) is 9.60. The number of halogens is 1. The number of carboxylic acid groups (broad SMARTS) is 1. The number of hydrogen-bond acceptors (Lipinski definition) is 4. The van der Waals surface area contributed by atoms with Crippen molar-refractivity contribution in [2.45, 2.75) is 0 Å². The second-order valence-electron chi connectivity index (χ2n) is 2.65. The van der Waals surface area contributed by atoms with E-state index in [4.69, 9.17) is 16.7 Å². The van der Waals surface area contributed by atoms with Gasteiger partial charge in [0.15, 0.2) is 11.5 Å². The summed E-state index contributed by atoms with van der Waals surface area (Å²) < 4.78 is 1.35. The summed E-state index contributed by atoms with van der Waals surface area (Å²) in [6.45, 7) is 0. The normalized spacial score (nSPS) is 10.2. The molecule has 0 aromatic carbocycles. The van der Waals surface area contributed by atoms with Crippen LogP contribution in [0.5, 0.6) is 0 Å². The SMILES string of the molecule is O=C(O)c1nc(-n2cncn2)ccc1Cl. The summed E-state index contributed by atoms with van der Waals surface area (Å²) in [5, 5.41) is 12.7. The van der Waals surface area contributed by atoms with Gasteiger partial charge in [0.1, 0.15) is 12.7 Å². The van der Waals surface area contributed by atoms with Crippen LogP contribution in [0.4, 0.5) is 0 Å². The fourth-order valence-corrected chi connectivity index (χ4v) is 1.22. The van der Waals surface area contributed by atoms with Crippen molar-refractivity contribution in [3.05, 3.63) is 35.5 Å². The number of nitrogens with zero attached hydrogens (tertiary/aromatic N) is 4. The van der Waals surface area contributed by atoms with Crippen molar-refractivity contribution < 1.29 is 9.90 Å². The van der Waals surface area contributed by atoms with E-state index in [1.165, 1.54) is 23.4 Å². The zero-order valence-electron chi connectivity index (χ0n) is 7.33. The molecule has 0 aliphatic heterocycles. The van der Waals surface area contributed by atoms with Gasteiger partial charge in [0.2, 0.25) is 0 Å². The van der Waals surface area contributed by atoms with E-state index in [0.717, 1.165) is 0 Å². The minimum Gasteiger partial charge on any atom is -0.476 e. The van der Waals surface area contributed by atoms with Crippen LogP contribution in [0, 0.1) is 0 Å². The lowest BCUT2D eigenvalue weighted by atomic mass is 10.3. The Morgan fingerprint density at radius 1 is 1.47 bits per heavy atom. The predicted octanol–water partition coefficient (Wildman–Crippen LogP) is 1.01. The van der Waals surface area contributed by atoms with E-state index in [1.807, 2.05) is 0 Å². The highest BCUT2D eigenvalue weighted by molar-refractivity contribution is 6.33. The van der Waals surface area contributed by atoms with Crippen molar-refractivity contribution in [2.75, 3.05) is 0 Å². The minimum atomic E-state index is -1.18. The molecule has 0 radical (unpaired) electrons. The molecule has 0 fully saturated rings. The van der Waals surface area contributed by atoms with Gasteiger partial charge in [-0.1, -0.05) is 11.6 Å². The Morgan fingerprint density at radius 3 is 2.87 bits per heavy atom. The fourth-order valence-electron chi connectivity index (χ4n) is 1.04.